The Morgan fingerprint density at radius 2 is 2.12 bits per heavy atom. The lowest BCUT2D eigenvalue weighted by Crippen LogP contribution is -2.25. The van der Waals surface area contributed by atoms with Gasteiger partial charge in [-0.3, -0.25) is 4.79 Å². The fourth-order valence-corrected chi connectivity index (χ4v) is 2.72. The first-order valence-electron chi connectivity index (χ1n) is 8.02. The number of ether oxygens (including phenoxy) is 1. The lowest BCUT2D eigenvalue weighted by Gasteiger charge is -2.09. The molecule has 2 heterocycles. The summed E-state index contributed by atoms with van der Waals surface area (Å²) >= 11 is 0. The van der Waals surface area contributed by atoms with Crippen LogP contribution in [0.1, 0.15) is 16.2 Å². The van der Waals surface area contributed by atoms with Crippen molar-refractivity contribution in [3.63, 3.8) is 0 Å². The van der Waals surface area contributed by atoms with E-state index in [0.717, 1.165) is 16.7 Å². The number of benzene rings is 1. The van der Waals surface area contributed by atoms with Crippen LogP contribution < -0.4 is 10.1 Å². The molecular weight excluding hydrogens is 316 g/mol. The maximum absolute atomic E-state index is 12.7. The van der Waals surface area contributed by atoms with Gasteiger partial charge in [0.1, 0.15) is 23.8 Å². The topological polar surface area (TPSA) is 56.4 Å². The summed E-state index contributed by atoms with van der Waals surface area (Å²) in [7, 11) is 0. The lowest BCUT2D eigenvalue weighted by molar-refractivity contribution is 0.0939. The molecule has 128 valence electrons. The molecule has 0 radical (unpaired) electrons. The van der Waals surface area contributed by atoms with Gasteiger partial charge in [-0.15, -0.1) is 6.58 Å². The van der Waals surface area contributed by atoms with Crippen molar-refractivity contribution >= 4 is 16.8 Å². The van der Waals surface area contributed by atoms with E-state index >= 15 is 0 Å². The van der Waals surface area contributed by atoms with Crippen LogP contribution in [0.25, 0.3) is 10.9 Å². The molecule has 1 N–H and O–H groups in total. The Kier molecular flexibility index (Phi) is 5.04. The average molecular weight is 336 g/mol. The molecule has 0 spiro atoms. The molecule has 5 nitrogen and oxygen atoms in total. The fourth-order valence-electron chi connectivity index (χ4n) is 2.72. The fraction of sp³-hybridized carbons (Fsp3) is 0.150. The molecule has 1 aromatic carbocycles. The summed E-state index contributed by atoms with van der Waals surface area (Å²) in [6.07, 6.45) is 5.04. The third kappa shape index (κ3) is 3.50. The molecule has 0 atom stereocenters. The summed E-state index contributed by atoms with van der Waals surface area (Å²) in [5.74, 6) is 1.25. The molecule has 0 saturated carbocycles. The van der Waals surface area contributed by atoms with Gasteiger partial charge in [-0.25, -0.2) is 0 Å². The molecule has 1 amide bonds. The van der Waals surface area contributed by atoms with Gasteiger partial charge in [-0.1, -0.05) is 24.8 Å². The van der Waals surface area contributed by atoms with Crippen molar-refractivity contribution < 1.29 is 13.9 Å². The predicted molar refractivity (Wildman–Crippen MR) is 97.7 cm³/mol. The van der Waals surface area contributed by atoms with Gasteiger partial charge in [0.25, 0.3) is 5.91 Å². The maximum atomic E-state index is 12.7. The largest absolute Gasteiger partial charge is 0.489 e. The molecule has 0 aliphatic rings. The summed E-state index contributed by atoms with van der Waals surface area (Å²) in [4.78, 5) is 12.7. The van der Waals surface area contributed by atoms with E-state index in [0.29, 0.717) is 31.2 Å². The predicted octanol–water partition coefficient (Wildman–Crippen LogP) is 3.92. The van der Waals surface area contributed by atoms with Crippen molar-refractivity contribution in [1.29, 1.82) is 0 Å². The number of furan rings is 1. The van der Waals surface area contributed by atoms with E-state index in [1.165, 1.54) is 0 Å². The van der Waals surface area contributed by atoms with Crippen LogP contribution in [0.3, 0.4) is 0 Å². The van der Waals surface area contributed by atoms with Crippen LogP contribution in [0.2, 0.25) is 0 Å². The number of amides is 1. The minimum atomic E-state index is -0.177. The zero-order chi connectivity index (χ0) is 17.6. The van der Waals surface area contributed by atoms with Gasteiger partial charge in [0.05, 0.1) is 18.3 Å². The first-order chi connectivity index (χ1) is 12.2. The van der Waals surface area contributed by atoms with Gasteiger partial charge in [0.15, 0.2) is 0 Å². The van der Waals surface area contributed by atoms with E-state index < -0.39 is 0 Å². The number of carbonyl (C=O) groups excluding carboxylic acids is 1. The van der Waals surface area contributed by atoms with Crippen LogP contribution >= 0.6 is 0 Å². The molecule has 0 aliphatic carbocycles. The zero-order valence-electron chi connectivity index (χ0n) is 13.9. The van der Waals surface area contributed by atoms with Crippen LogP contribution in [0, 0.1) is 0 Å². The average Bonchev–Trinajstić information content (AvgIpc) is 3.26. The molecule has 0 saturated heterocycles. The molecule has 3 aromatic rings. The molecule has 0 fully saturated rings. The van der Waals surface area contributed by atoms with Crippen molar-refractivity contribution in [2.75, 3.05) is 6.61 Å². The van der Waals surface area contributed by atoms with Crippen LogP contribution in [0.4, 0.5) is 0 Å². The molecule has 0 aliphatic heterocycles. The van der Waals surface area contributed by atoms with E-state index in [9.17, 15) is 4.79 Å². The first kappa shape index (κ1) is 16.6. The Hall–Kier alpha value is -3.21. The van der Waals surface area contributed by atoms with E-state index in [-0.39, 0.29) is 5.91 Å². The maximum Gasteiger partial charge on any atom is 0.268 e. The number of allylic oxidation sites excluding steroid dienone is 1. The number of fused-ring (bicyclic) bond motifs is 1. The second-order valence-electron chi connectivity index (χ2n) is 5.48. The smallest absolute Gasteiger partial charge is 0.268 e. The van der Waals surface area contributed by atoms with Crippen molar-refractivity contribution in [1.82, 2.24) is 9.88 Å². The molecule has 3 rings (SSSR count). The molecule has 0 unspecified atom stereocenters. The number of hydrogen-bond acceptors (Lipinski definition) is 3. The van der Waals surface area contributed by atoms with Crippen molar-refractivity contribution in [3.05, 3.63) is 79.4 Å². The molecule has 0 bridgehead atoms. The number of hydrogen-bond donors (Lipinski definition) is 1. The molecule has 5 heteroatoms. The Labute approximate surface area is 146 Å². The SMILES string of the molecule is C=CCOc1cccc2c1cc(C(=O)NCc1ccco1)n2CC=C. The van der Waals surface area contributed by atoms with Gasteiger partial charge in [-0.05, 0) is 30.3 Å². The van der Waals surface area contributed by atoms with Crippen LogP contribution in [0.15, 0.2) is 72.4 Å². The van der Waals surface area contributed by atoms with Crippen LogP contribution in [0.5, 0.6) is 5.75 Å². The van der Waals surface area contributed by atoms with Gasteiger partial charge in [0, 0.05) is 11.9 Å². The number of nitrogens with one attached hydrogen (secondary N) is 1. The van der Waals surface area contributed by atoms with Crippen LogP contribution in [-0.2, 0) is 13.1 Å². The highest BCUT2D eigenvalue weighted by atomic mass is 16.5. The quantitative estimate of drug-likeness (QED) is 0.634. The Morgan fingerprint density at radius 3 is 2.84 bits per heavy atom. The second kappa shape index (κ2) is 7.57. The summed E-state index contributed by atoms with van der Waals surface area (Å²) < 4.78 is 12.9. The summed E-state index contributed by atoms with van der Waals surface area (Å²) in [6, 6.07) is 11.2. The van der Waals surface area contributed by atoms with Crippen molar-refractivity contribution in [2.24, 2.45) is 0 Å². The highest BCUT2D eigenvalue weighted by Crippen LogP contribution is 2.29. The highest BCUT2D eigenvalue weighted by Gasteiger charge is 2.17. The third-order valence-electron chi connectivity index (χ3n) is 3.81. The number of rotatable bonds is 8. The van der Waals surface area contributed by atoms with Crippen molar-refractivity contribution in [3.8, 4) is 5.75 Å². The van der Waals surface area contributed by atoms with Gasteiger partial charge in [-0.2, -0.15) is 0 Å². The Bertz CT molecular complexity index is 891. The lowest BCUT2D eigenvalue weighted by atomic mass is 10.2. The molecular formula is C20H20N2O3. The molecule has 2 aromatic heterocycles. The monoisotopic (exact) mass is 336 g/mol. The van der Waals surface area contributed by atoms with Crippen molar-refractivity contribution in [2.45, 2.75) is 13.1 Å². The van der Waals surface area contributed by atoms with Gasteiger partial charge < -0.3 is 19.0 Å². The van der Waals surface area contributed by atoms with E-state index in [2.05, 4.69) is 18.5 Å². The summed E-state index contributed by atoms with van der Waals surface area (Å²) in [5.41, 5.74) is 1.47. The summed E-state index contributed by atoms with van der Waals surface area (Å²) in [5, 5.41) is 3.76. The third-order valence-corrected chi connectivity index (χ3v) is 3.81. The normalized spacial score (nSPS) is 10.6. The standard InChI is InChI=1S/C20H20N2O3/c1-3-10-22-17-8-5-9-19(25-11-4-2)16(17)13-18(22)20(23)21-14-15-7-6-12-24-15/h3-9,12-13H,1-2,10-11,14H2,(H,21,23). The number of carbonyl (C=O) groups is 1. The second-order valence-corrected chi connectivity index (χ2v) is 5.48. The number of aromatic nitrogens is 1. The highest BCUT2D eigenvalue weighted by molar-refractivity contribution is 6.00. The zero-order valence-corrected chi connectivity index (χ0v) is 13.9. The minimum Gasteiger partial charge on any atom is -0.489 e. The Balaban J connectivity index is 1.94. The van der Waals surface area contributed by atoms with Gasteiger partial charge >= 0.3 is 0 Å². The number of nitrogens with zero attached hydrogens (tertiary/aromatic N) is 1. The van der Waals surface area contributed by atoms with E-state index in [4.69, 9.17) is 9.15 Å². The summed E-state index contributed by atoms with van der Waals surface area (Å²) in [6.45, 7) is 8.73. The first-order valence-corrected chi connectivity index (χ1v) is 8.02. The Morgan fingerprint density at radius 1 is 1.24 bits per heavy atom. The van der Waals surface area contributed by atoms with Crippen LogP contribution in [-0.4, -0.2) is 17.1 Å². The minimum absolute atomic E-state index is 0.177. The molecule has 25 heavy (non-hydrogen) atoms. The van der Waals surface area contributed by atoms with Gasteiger partial charge in [0.2, 0.25) is 0 Å². The van der Waals surface area contributed by atoms with E-state index in [1.54, 1.807) is 24.5 Å². The van der Waals surface area contributed by atoms with E-state index in [1.807, 2.05) is 34.9 Å².